The lowest BCUT2D eigenvalue weighted by molar-refractivity contribution is 0.101. The highest BCUT2D eigenvalue weighted by Gasteiger charge is 2.14. The van der Waals surface area contributed by atoms with Gasteiger partial charge in [-0.05, 0) is 50.2 Å². The van der Waals surface area contributed by atoms with Crippen molar-refractivity contribution in [2.75, 3.05) is 5.32 Å². The van der Waals surface area contributed by atoms with Crippen molar-refractivity contribution in [1.82, 2.24) is 14.4 Å². The molecular weight excluding hydrogens is 332 g/mol. The average molecular weight is 348 g/mol. The number of carbonyl (C=O) groups excluding carboxylic acids is 1. The Labute approximate surface area is 149 Å². The third-order valence-electron chi connectivity index (χ3n) is 4.00. The molecule has 0 amide bonds. The summed E-state index contributed by atoms with van der Waals surface area (Å²) >= 11 is 1.60. The minimum atomic E-state index is 0.0616. The number of ketones is 1. The number of benzene rings is 1. The van der Waals surface area contributed by atoms with Gasteiger partial charge in [0.05, 0.1) is 11.9 Å². The Kier molecular flexibility index (Phi) is 3.82. The number of aryl methyl sites for hydroxylation is 1. The van der Waals surface area contributed by atoms with Crippen LogP contribution in [0.4, 0.5) is 10.8 Å². The first kappa shape index (κ1) is 15.5. The molecule has 0 fully saturated rings. The highest BCUT2D eigenvalue weighted by Crippen LogP contribution is 2.32. The van der Waals surface area contributed by atoms with E-state index in [1.165, 1.54) is 0 Å². The van der Waals surface area contributed by atoms with Crippen LogP contribution in [0.15, 0.2) is 54.9 Å². The number of nitrogens with zero attached hydrogens (tertiary/aromatic N) is 3. The average Bonchev–Trinajstić information content (AvgIpc) is 3.18. The van der Waals surface area contributed by atoms with Crippen molar-refractivity contribution in [1.29, 1.82) is 0 Å². The van der Waals surface area contributed by atoms with E-state index in [-0.39, 0.29) is 5.78 Å². The number of carbonyl (C=O) groups is 1. The van der Waals surface area contributed by atoms with Crippen LogP contribution in [0.3, 0.4) is 0 Å². The van der Waals surface area contributed by atoms with Crippen molar-refractivity contribution in [2.24, 2.45) is 0 Å². The zero-order chi connectivity index (χ0) is 17.4. The monoisotopic (exact) mass is 348 g/mol. The molecule has 3 aromatic heterocycles. The van der Waals surface area contributed by atoms with Gasteiger partial charge in [-0.2, -0.15) is 0 Å². The number of hydrogen-bond donors (Lipinski definition) is 1. The van der Waals surface area contributed by atoms with E-state index < -0.39 is 0 Å². The highest BCUT2D eigenvalue weighted by atomic mass is 32.1. The number of Topliss-reactive ketones (excluding diaryl/α,β-unsaturated/α-hetero) is 1. The van der Waals surface area contributed by atoms with Crippen LogP contribution in [0.5, 0.6) is 0 Å². The van der Waals surface area contributed by atoms with E-state index in [9.17, 15) is 4.79 Å². The van der Waals surface area contributed by atoms with E-state index >= 15 is 0 Å². The number of imidazole rings is 1. The van der Waals surface area contributed by atoms with Crippen molar-refractivity contribution in [3.05, 3.63) is 65.3 Å². The summed E-state index contributed by atoms with van der Waals surface area (Å²) < 4.78 is 2.04. The number of fused-ring (bicyclic) bond motifs is 1. The van der Waals surface area contributed by atoms with E-state index in [0.717, 1.165) is 32.7 Å². The van der Waals surface area contributed by atoms with E-state index in [1.807, 2.05) is 59.3 Å². The quantitative estimate of drug-likeness (QED) is 0.543. The number of rotatable bonds is 4. The van der Waals surface area contributed by atoms with Crippen molar-refractivity contribution in [3.8, 4) is 11.4 Å². The Hall–Kier alpha value is -2.99. The van der Waals surface area contributed by atoms with Gasteiger partial charge in [-0.1, -0.05) is 6.07 Å². The molecule has 124 valence electrons. The molecular formula is C19H16N4OS. The summed E-state index contributed by atoms with van der Waals surface area (Å²) in [6.07, 6.45) is 3.84. The van der Waals surface area contributed by atoms with Gasteiger partial charge in [-0.25, -0.2) is 9.97 Å². The van der Waals surface area contributed by atoms with Crippen LogP contribution in [0.2, 0.25) is 0 Å². The molecule has 0 atom stereocenters. The van der Waals surface area contributed by atoms with Crippen molar-refractivity contribution < 1.29 is 4.79 Å². The molecule has 0 aliphatic heterocycles. The Morgan fingerprint density at radius 1 is 1.16 bits per heavy atom. The maximum Gasteiger partial charge on any atom is 0.188 e. The molecule has 6 heteroatoms. The number of pyridine rings is 1. The van der Waals surface area contributed by atoms with Crippen molar-refractivity contribution >= 4 is 33.6 Å². The van der Waals surface area contributed by atoms with Crippen LogP contribution >= 0.6 is 11.3 Å². The maximum atomic E-state index is 11.4. The smallest absolute Gasteiger partial charge is 0.188 e. The second kappa shape index (κ2) is 6.14. The Balaban J connectivity index is 1.65. The van der Waals surface area contributed by atoms with Crippen LogP contribution in [0.25, 0.3) is 17.0 Å². The van der Waals surface area contributed by atoms with Crippen molar-refractivity contribution in [2.45, 2.75) is 13.8 Å². The van der Waals surface area contributed by atoms with Gasteiger partial charge in [0.2, 0.25) is 0 Å². The molecule has 0 bridgehead atoms. The number of thiazole rings is 1. The number of aromatic nitrogens is 3. The van der Waals surface area contributed by atoms with Gasteiger partial charge in [0.15, 0.2) is 10.9 Å². The summed E-state index contributed by atoms with van der Waals surface area (Å²) in [4.78, 5) is 21.6. The van der Waals surface area contributed by atoms with Gasteiger partial charge in [0.25, 0.3) is 0 Å². The zero-order valence-electron chi connectivity index (χ0n) is 13.9. The molecule has 0 saturated carbocycles. The molecule has 0 aliphatic carbocycles. The fraction of sp³-hybridized carbons (Fsp3) is 0.105. The highest BCUT2D eigenvalue weighted by molar-refractivity contribution is 7.16. The molecule has 1 aromatic carbocycles. The summed E-state index contributed by atoms with van der Waals surface area (Å²) in [5, 5.41) is 4.12. The second-order valence-electron chi connectivity index (χ2n) is 5.75. The predicted octanol–water partition coefficient (Wildman–Crippen LogP) is 4.71. The number of nitrogens with one attached hydrogen (secondary N) is 1. The summed E-state index contributed by atoms with van der Waals surface area (Å²) in [6, 6.07) is 13.3. The zero-order valence-corrected chi connectivity index (χ0v) is 14.7. The molecule has 0 radical (unpaired) electrons. The SMILES string of the molecule is CC(=O)c1ccc(Nc2nc(-c3cnc4ccccn34)c(C)s2)cc1. The fourth-order valence-corrected chi connectivity index (χ4v) is 3.55. The Morgan fingerprint density at radius 3 is 2.72 bits per heavy atom. The van der Waals surface area contributed by atoms with E-state index in [1.54, 1.807) is 18.3 Å². The first-order valence-electron chi connectivity index (χ1n) is 7.90. The third-order valence-corrected chi connectivity index (χ3v) is 4.89. The van der Waals surface area contributed by atoms with E-state index in [2.05, 4.69) is 17.2 Å². The molecule has 5 nitrogen and oxygen atoms in total. The Morgan fingerprint density at radius 2 is 1.96 bits per heavy atom. The molecule has 4 rings (SSSR count). The van der Waals surface area contributed by atoms with Gasteiger partial charge in [0.1, 0.15) is 11.3 Å². The molecule has 4 aromatic rings. The molecule has 0 unspecified atom stereocenters. The lowest BCUT2D eigenvalue weighted by atomic mass is 10.1. The van der Waals surface area contributed by atoms with Gasteiger partial charge in [-0.3, -0.25) is 9.20 Å². The Bertz CT molecular complexity index is 1060. The van der Waals surface area contributed by atoms with Gasteiger partial charge in [0, 0.05) is 22.3 Å². The van der Waals surface area contributed by atoms with Crippen molar-refractivity contribution in [3.63, 3.8) is 0 Å². The molecule has 3 heterocycles. The van der Waals surface area contributed by atoms with E-state index in [4.69, 9.17) is 4.98 Å². The summed E-state index contributed by atoms with van der Waals surface area (Å²) in [5.74, 6) is 0.0616. The maximum absolute atomic E-state index is 11.4. The minimum Gasteiger partial charge on any atom is -0.332 e. The molecule has 25 heavy (non-hydrogen) atoms. The number of hydrogen-bond acceptors (Lipinski definition) is 5. The van der Waals surface area contributed by atoms with Gasteiger partial charge < -0.3 is 5.32 Å². The normalized spacial score (nSPS) is 11.0. The van der Waals surface area contributed by atoms with Crippen LogP contribution in [0, 0.1) is 6.92 Å². The third kappa shape index (κ3) is 2.92. The summed E-state index contributed by atoms with van der Waals surface area (Å²) in [5.41, 5.74) is 4.41. The standard InChI is InChI=1S/C19H16N4OS/c1-12(24)14-6-8-15(9-7-14)21-19-22-18(13(2)25-19)16-11-20-17-5-3-4-10-23(16)17/h3-11H,1-2H3,(H,21,22). The first-order chi connectivity index (χ1) is 12.1. The molecule has 0 spiro atoms. The van der Waals surface area contributed by atoms with Crippen LogP contribution in [-0.4, -0.2) is 20.2 Å². The molecule has 1 N–H and O–H groups in total. The van der Waals surface area contributed by atoms with Crippen LogP contribution < -0.4 is 5.32 Å². The first-order valence-corrected chi connectivity index (χ1v) is 8.71. The topological polar surface area (TPSA) is 59.3 Å². The number of anilines is 2. The lowest BCUT2D eigenvalue weighted by Gasteiger charge is -2.03. The van der Waals surface area contributed by atoms with Crippen LogP contribution in [-0.2, 0) is 0 Å². The fourth-order valence-electron chi connectivity index (χ4n) is 2.71. The van der Waals surface area contributed by atoms with Gasteiger partial charge >= 0.3 is 0 Å². The largest absolute Gasteiger partial charge is 0.332 e. The lowest BCUT2D eigenvalue weighted by Crippen LogP contribution is -1.94. The van der Waals surface area contributed by atoms with Gasteiger partial charge in [-0.15, -0.1) is 11.3 Å². The summed E-state index contributed by atoms with van der Waals surface area (Å²) in [6.45, 7) is 3.62. The van der Waals surface area contributed by atoms with E-state index in [0.29, 0.717) is 5.56 Å². The molecule has 0 aliphatic rings. The molecule has 0 saturated heterocycles. The minimum absolute atomic E-state index is 0.0616. The van der Waals surface area contributed by atoms with Crippen LogP contribution in [0.1, 0.15) is 22.2 Å². The summed E-state index contributed by atoms with van der Waals surface area (Å²) in [7, 11) is 0. The second-order valence-corrected chi connectivity index (χ2v) is 6.96. The predicted molar refractivity (Wildman–Crippen MR) is 101 cm³/mol.